The van der Waals surface area contributed by atoms with Crippen molar-refractivity contribution in [1.29, 1.82) is 0 Å². The number of aromatic nitrogens is 1. The molecular formula is C11H15NO5. The summed E-state index contributed by atoms with van der Waals surface area (Å²) in [4.78, 5) is 14.9. The maximum Gasteiger partial charge on any atom is 0.308 e. The first-order chi connectivity index (χ1) is 8.01. The van der Waals surface area contributed by atoms with E-state index in [0.717, 1.165) is 0 Å². The molecule has 1 aromatic heterocycles. The van der Waals surface area contributed by atoms with Crippen molar-refractivity contribution in [3.8, 4) is 5.75 Å². The summed E-state index contributed by atoms with van der Waals surface area (Å²) in [5.74, 6) is -0.886. The number of esters is 1. The Balaban J connectivity index is 3.10. The van der Waals surface area contributed by atoms with E-state index >= 15 is 0 Å². The fourth-order valence-electron chi connectivity index (χ4n) is 1.32. The molecular weight excluding hydrogens is 226 g/mol. The number of hydrogen-bond acceptors (Lipinski definition) is 6. The molecule has 0 spiro atoms. The molecule has 17 heavy (non-hydrogen) atoms. The van der Waals surface area contributed by atoms with Crippen molar-refractivity contribution in [1.82, 2.24) is 4.98 Å². The molecule has 0 aliphatic carbocycles. The molecule has 0 amide bonds. The Morgan fingerprint density at radius 3 is 2.76 bits per heavy atom. The van der Waals surface area contributed by atoms with Crippen LogP contribution < -0.4 is 0 Å². The lowest BCUT2D eigenvalue weighted by Crippen LogP contribution is -2.13. The first kappa shape index (κ1) is 13.4. The van der Waals surface area contributed by atoms with Crippen molar-refractivity contribution >= 4 is 5.97 Å². The highest BCUT2D eigenvalue weighted by atomic mass is 16.6. The van der Waals surface area contributed by atoms with Crippen LogP contribution in [0.4, 0.5) is 0 Å². The van der Waals surface area contributed by atoms with Crippen molar-refractivity contribution in [2.75, 3.05) is 0 Å². The van der Waals surface area contributed by atoms with Gasteiger partial charge in [-0.1, -0.05) is 6.92 Å². The van der Waals surface area contributed by atoms with Crippen LogP contribution in [0, 0.1) is 6.92 Å². The number of ether oxygens (including phenoxy) is 1. The van der Waals surface area contributed by atoms with Gasteiger partial charge in [-0.3, -0.25) is 9.78 Å². The Hall–Kier alpha value is -1.66. The van der Waals surface area contributed by atoms with E-state index in [1.165, 1.54) is 13.1 Å². The van der Waals surface area contributed by atoms with Crippen LogP contribution in [0.3, 0.4) is 0 Å². The highest BCUT2D eigenvalue weighted by molar-refractivity contribution is 5.69. The number of aliphatic hydroxyl groups excluding tert-OH is 2. The van der Waals surface area contributed by atoms with Crippen molar-refractivity contribution in [2.45, 2.75) is 33.2 Å². The highest BCUT2D eigenvalue weighted by Gasteiger charge is 2.22. The van der Waals surface area contributed by atoms with Crippen LogP contribution in [-0.2, 0) is 16.1 Å². The lowest BCUT2D eigenvalue weighted by Gasteiger charge is -2.17. The summed E-state index contributed by atoms with van der Waals surface area (Å²) in [7, 11) is 0. The number of carbonyl (C=O) groups excluding carboxylic acids is 1. The summed E-state index contributed by atoms with van der Waals surface area (Å²) in [6.07, 6.45) is -0.185. The Bertz CT molecular complexity index is 419. The number of nitrogens with zero attached hydrogens (tertiary/aromatic N) is 1. The van der Waals surface area contributed by atoms with Gasteiger partial charge in [-0.25, -0.2) is 0 Å². The molecule has 0 fully saturated rings. The Morgan fingerprint density at radius 2 is 2.24 bits per heavy atom. The Labute approximate surface area is 98.5 Å². The molecule has 0 saturated carbocycles. The minimum absolute atomic E-state index is 0.0261. The zero-order valence-electron chi connectivity index (χ0n) is 9.67. The van der Waals surface area contributed by atoms with E-state index in [1.54, 1.807) is 6.92 Å². The van der Waals surface area contributed by atoms with Crippen LogP contribution >= 0.6 is 0 Å². The molecule has 0 aliphatic heterocycles. The third kappa shape index (κ3) is 2.92. The van der Waals surface area contributed by atoms with E-state index in [-0.39, 0.29) is 29.0 Å². The summed E-state index contributed by atoms with van der Waals surface area (Å²) >= 11 is 0. The van der Waals surface area contributed by atoms with Gasteiger partial charge in [0.15, 0.2) is 0 Å². The first-order valence-corrected chi connectivity index (χ1v) is 5.17. The average Bonchev–Trinajstić information content (AvgIpc) is 2.31. The zero-order chi connectivity index (χ0) is 13.0. The number of aromatic hydroxyl groups is 1. The van der Waals surface area contributed by atoms with Crippen molar-refractivity contribution in [2.24, 2.45) is 0 Å². The largest absolute Gasteiger partial charge is 0.506 e. The zero-order valence-corrected chi connectivity index (χ0v) is 9.67. The van der Waals surface area contributed by atoms with Gasteiger partial charge in [0.1, 0.15) is 5.75 Å². The van der Waals surface area contributed by atoms with Gasteiger partial charge in [-0.15, -0.1) is 0 Å². The van der Waals surface area contributed by atoms with Crippen LogP contribution in [0.25, 0.3) is 0 Å². The van der Waals surface area contributed by atoms with Crippen molar-refractivity contribution in [3.63, 3.8) is 0 Å². The molecule has 1 atom stereocenters. The third-order valence-electron chi connectivity index (χ3n) is 2.31. The van der Waals surface area contributed by atoms with Gasteiger partial charge in [0, 0.05) is 18.2 Å². The van der Waals surface area contributed by atoms with Crippen LogP contribution in [0.2, 0.25) is 0 Å². The normalized spacial score (nSPS) is 12.2. The molecule has 0 aliphatic rings. The first-order valence-electron chi connectivity index (χ1n) is 5.17. The van der Waals surface area contributed by atoms with Crippen molar-refractivity contribution in [3.05, 3.63) is 23.0 Å². The van der Waals surface area contributed by atoms with E-state index < -0.39 is 18.9 Å². The number of aliphatic hydroxyl groups is 2. The number of carbonyl (C=O) groups is 1. The van der Waals surface area contributed by atoms with Gasteiger partial charge in [0.05, 0.1) is 17.9 Å². The number of hydrogen-bond donors (Lipinski definition) is 3. The SMILES string of the molecule is CCC(=O)OC(O)c1c(CO)cnc(C)c1O. The number of aryl methyl sites for hydroxylation is 1. The molecule has 6 nitrogen and oxygen atoms in total. The van der Waals surface area contributed by atoms with Crippen molar-refractivity contribution < 1.29 is 24.9 Å². The highest BCUT2D eigenvalue weighted by Crippen LogP contribution is 2.30. The lowest BCUT2D eigenvalue weighted by atomic mass is 10.1. The molecule has 94 valence electrons. The van der Waals surface area contributed by atoms with E-state index in [9.17, 15) is 15.0 Å². The summed E-state index contributed by atoms with van der Waals surface area (Å²) in [5.41, 5.74) is 0.468. The number of pyridine rings is 1. The lowest BCUT2D eigenvalue weighted by molar-refractivity contribution is -0.169. The summed E-state index contributed by atoms with van der Waals surface area (Å²) in [5, 5.41) is 28.5. The Morgan fingerprint density at radius 1 is 1.59 bits per heavy atom. The maximum atomic E-state index is 11.0. The number of rotatable bonds is 4. The monoisotopic (exact) mass is 241 g/mol. The molecule has 0 aromatic carbocycles. The van der Waals surface area contributed by atoms with Gasteiger partial charge < -0.3 is 20.1 Å². The fourth-order valence-corrected chi connectivity index (χ4v) is 1.32. The molecule has 0 bridgehead atoms. The Kier molecular flexibility index (Phi) is 4.42. The average molecular weight is 241 g/mol. The molecule has 3 N–H and O–H groups in total. The predicted octanol–water partition coefficient (Wildman–Crippen LogP) is 0.532. The second-order valence-electron chi connectivity index (χ2n) is 3.49. The molecule has 1 aromatic rings. The summed E-state index contributed by atoms with van der Waals surface area (Å²) < 4.78 is 4.68. The van der Waals surface area contributed by atoms with Crippen LogP contribution in [0.15, 0.2) is 6.20 Å². The molecule has 0 radical (unpaired) electrons. The maximum absolute atomic E-state index is 11.0. The van der Waals surface area contributed by atoms with Crippen LogP contribution in [0.1, 0.15) is 36.5 Å². The van der Waals surface area contributed by atoms with Gasteiger partial charge in [-0.05, 0) is 6.92 Å². The molecule has 6 heteroatoms. The topological polar surface area (TPSA) is 99.9 Å². The predicted molar refractivity (Wildman–Crippen MR) is 57.9 cm³/mol. The third-order valence-corrected chi connectivity index (χ3v) is 2.31. The molecule has 1 unspecified atom stereocenters. The fraction of sp³-hybridized carbons (Fsp3) is 0.455. The second kappa shape index (κ2) is 5.60. The molecule has 0 saturated heterocycles. The minimum Gasteiger partial charge on any atom is -0.506 e. The van der Waals surface area contributed by atoms with Gasteiger partial charge in [0.2, 0.25) is 6.29 Å². The summed E-state index contributed by atoms with van der Waals surface area (Å²) in [6.45, 7) is 2.70. The minimum atomic E-state index is -1.61. The smallest absolute Gasteiger partial charge is 0.308 e. The van der Waals surface area contributed by atoms with E-state index in [0.29, 0.717) is 0 Å². The standard InChI is InChI=1S/C11H15NO5/c1-3-8(14)17-11(16)9-7(5-13)4-12-6(2)10(9)15/h4,11,13,15-16H,3,5H2,1-2H3. The molecule has 1 rings (SSSR count). The van der Waals surface area contributed by atoms with E-state index in [4.69, 9.17) is 5.11 Å². The van der Waals surface area contributed by atoms with Crippen LogP contribution in [-0.4, -0.2) is 26.3 Å². The van der Waals surface area contributed by atoms with Gasteiger partial charge in [0.25, 0.3) is 0 Å². The van der Waals surface area contributed by atoms with Gasteiger partial charge in [-0.2, -0.15) is 0 Å². The van der Waals surface area contributed by atoms with Gasteiger partial charge >= 0.3 is 5.97 Å². The quantitative estimate of drug-likeness (QED) is 0.525. The second-order valence-corrected chi connectivity index (χ2v) is 3.49. The summed E-state index contributed by atoms with van der Waals surface area (Å²) in [6, 6.07) is 0. The van der Waals surface area contributed by atoms with E-state index in [1.807, 2.05) is 0 Å². The molecule has 1 heterocycles. The van der Waals surface area contributed by atoms with E-state index in [2.05, 4.69) is 9.72 Å². The van der Waals surface area contributed by atoms with Crippen LogP contribution in [0.5, 0.6) is 5.75 Å².